The van der Waals surface area contributed by atoms with Gasteiger partial charge in [-0.1, -0.05) is 48.6 Å². The molecule has 0 fully saturated rings. The van der Waals surface area contributed by atoms with Crippen LogP contribution in [0, 0.1) is 0 Å². The van der Waals surface area contributed by atoms with Crippen molar-refractivity contribution in [2.45, 2.75) is 31.1 Å². The molecule has 0 bridgehead atoms. The molecular formula is C22H22F3N3O. The topological polar surface area (TPSA) is 67.5 Å². The van der Waals surface area contributed by atoms with Crippen molar-refractivity contribution in [1.29, 1.82) is 0 Å². The number of hydrogen-bond acceptors (Lipinski definition) is 4. The Morgan fingerprint density at radius 3 is 2.21 bits per heavy atom. The Labute approximate surface area is 167 Å². The van der Waals surface area contributed by atoms with Gasteiger partial charge >= 0.3 is 6.18 Å². The van der Waals surface area contributed by atoms with E-state index in [4.69, 9.17) is 5.73 Å². The number of carbonyl (C=O) groups is 1. The van der Waals surface area contributed by atoms with Crippen LogP contribution < -0.4 is 11.1 Å². The van der Waals surface area contributed by atoms with E-state index in [-0.39, 0.29) is 18.2 Å². The lowest BCUT2D eigenvalue weighted by atomic mass is 9.98. The summed E-state index contributed by atoms with van der Waals surface area (Å²) in [6.07, 6.45) is 1.64. The Morgan fingerprint density at radius 1 is 1.10 bits per heavy atom. The zero-order chi connectivity index (χ0) is 20.9. The molecule has 1 heterocycles. The van der Waals surface area contributed by atoms with E-state index in [1.165, 1.54) is 12.1 Å². The maximum atomic E-state index is 12.6. The first-order chi connectivity index (χ1) is 13.8. The van der Waals surface area contributed by atoms with Crippen LogP contribution >= 0.6 is 0 Å². The summed E-state index contributed by atoms with van der Waals surface area (Å²) in [5.41, 5.74) is 7.75. The zero-order valence-electron chi connectivity index (χ0n) is 15.7. The van der Waals surface area contributed by atoms with Crippen LogP contribution in [0.4, 0.5) is 13.2 Å². The molecule has 2 aromatic rings. The third-order valence-electron chi connectivity index (χ3n) is 4.73. The molecule has 0 radical (unpaired) electrons. The van der Waals surface area contributed by atoms with Crippen molar-refractivity contribution >= 4 is 24.3 Å². The molecule has 3 N–H and O–H groups in total. The van der Waals surface area contributed by atoms with Crippen LogP contribution in [0.3, 0.4) is 0 Å². The molecule has 1 aliphatic rings. The van der Waals surface area contributed by atoms with Crippen molar-refractivity contribution in [2.24, 2.45) is 10.7 Å². The van der Waals surface area contributed by atoms with Crippen LogP contribution in [0.1, 0.15) is 28.7 Å². The maximum Gasteiger partial charge on any atom is 0.416 e. The van der Waals surface area contributed by atoms with Crippen LogP contribution in [0.5, 0.6) is 0 Å². The summed E-state index contributed by atoms with van der Waals surface area (Å²) in [4.78, 5) is 16.5. The average Bonchev–Trinajstić information content (AvgIpc) is 3.20. The van der Waals surface area contributed by atoms with Gasteiger partial charge in [-0.3, -0.25) is 9.79 Å². The molecule has 2 atom stereocenters. The molecule has 0 amide bonds. The van der Waals surface area contributed by atoms with Crippen molar-refractivity contribution in [2.75, 3.05) is 6.54 Å². The van der Waals surface area contributed by atoms with Gasteiger partial charge in [0, 0.05) is 13.0 Å². The number of carbonyl (C=O) groups excluding carboxylic acids is 1. The third kappa shape index (κ3) is 6.02. The van der Waals surface area contributed by atoms with Gasteiger partial charge in [-0.05, 0) is 35.2 Å². The van der Waals surface area contributed by atoms with Crippen LogP contribution in [0.15, 0.2) is 53.5 Å². The Bertz CT molecular complexity index is 887. The summed E-state index contributed by atoms with van der Waals surface area (Å²) in [5.74, 6) is -0.0276. The van der Waals surface area contributed by atoms with Gasteiger partial charge in [-0.25, -0.2) is 0 Å². The molecule has 3 rings (SSSR count). The number of alkyl halides is 3. The predicted molar refractivity (Wildman–Crippen MR) is 108 cm³/mol. The first-order valence-electron chi connectivity index (χ1n) is 9.29. The van der Waals surface area contributed by atoms with Gasteiger partial charge in [0.2, 0.25) is 0 Å². The number of halogens is 3. The summed E-state index contributed by atoms with van der Waals surface area (Å²) < 4.78 is 37.8. The normalized spacial score (nSPS) is 17.4. The van der Waals surface area contributed by atoms with Gasteiger partial charge in [0.1, 0.15) is 0 Å². The fraction of sp³-hybridized carbons (Fsp3) is 0.273. The van der Waals surface area contributed by atoms with Crippen LogP contribution in [-0.2, 0) is 17.4 Å². The molecule has 0 aromatic heterocycles. The van der Waals surface area contributed by atoms with Crippen molar-refractivity contribution in [3.8, 4) is 0 Å². The standard InChI is InChI=1S/C22H22F3N3O/c23-22(24,25)18-9-7-16(8-10-18)2-1-15-3-5-17(6-4-15)11-21(29)20(26)12-19-13-27-14-28-19/h1-10,14,19-20H,11-13,26H2,(H,27,28)/b2-1+. The summed E-state index contributed by atoms with van der Waals surface area (Å²) in [5, 5.41) is 2.99. The SMILES string of the molecule is NC(CC1CNC=N1)C(=O)Cc1ccc(/C=C/c2ccc(C(F)(F)F)cc2)cc1. The first-order valence-corrected chi connectivity index (χ1v) is 9.29. The molecule has 152 valence electrons. The fourth-order valence-electron chi connectivity index (χ4n) is 3.02. The minimum atomic E-state index is -4.33. The number of ketones is 1. The molecule has 7 heteroatoms. The van der Waals surface area contributed by atoms with Gasteiger partial charge in [0.15, 0.2) is 5.78 Å². The monoisotopic (exact) mass is 401 g/mol. The van der Waals surface area contributed by atoms with Crippen LogP contribution in [0.25, 0.3) is 12.2 Å². The van der Waals surface area contributed by atoms with E-state index in [0.29, 0.717) is 18.5 Å². The zero-order valence-corrected chi connectivity index (χ0v) is 15.7. The van der Waals surface area contributed by atoms with E-state index in [9.17, 15) is 18.0 Å². The smallest absolute Gasteiger partial charge is 0.374 e. The molecule has 1 aliphatic heterocycles. The summed E-state index contributed by atoms with van der Waals surface area (Å²) >= 11 is 0. The molecular weight excluding hydrogens is 379 g/mol. The number of nitrogens with zero attached hydrogens (tertiary/aromatic N) is 1. The molecule has 2 aromatic carbocycles. The van der Waals surface area contributed by atoms with E-state index < -0.39 is 17.8 Å². The summed E-state index contributed by atoms with van der Waals surface area (Å²) in [7, 11) is 0. The number of benzene rings is 2. The minimum Gasteiger partial charge on any atom is -0.374 e. The van der Waals surface area contributed by atoms with E-state index in [2.05, 4.69) is 10.3 Å². The van der Waals surface area contributed by atoms with Crippen molar-refractivity contribution < 1.29 is 18.0 Å². The first kappa shape index (κ1) is 20.8. The lowest BCUT2D eigenvalue weighted by Crippen LogP contribution is -2.36. The van der Waals surface area contributed by atoms with E-state index in [1.54, 1.807) is 12.4 Å². The molecule has 0 saturated heterocycles. The van der Waals surface area contributed by atoms with E-state index >= 15 is 0 Å². The lowest BCUT2D eigenvalue weighted by molar-refractivity contribution is -0.137. The Morgan fingerprint density at radius 2 is 1.69 bits per heavy atom. The third-order valence-corrected chi connectivity index (χ3v) is 4.73. The van der Waals surface area contributed by atoms with Gasteiger partial charge in [0.05, 0.1) is 24.0 Å². The highest BCUT2D eigenvalue weighted by Gasteiger charge is 2.29. The molecule has 0 saturated carbocycles. The molecule has 4 nitrogen and oxygen atoms in total. The number of aliphatic imine (C=N–C) groups is 1. The van der Waals surface area contributed by atoms with Gasteiger partial charge in [-0.2, -0.15) is 13.2 Å². The van der Waals surface area contributed by atoms with Crippen LogP contribution in [0.2, 0.25) is 0 Å². The largest absolute Gasteiger partial charge is 0.416 e. The van der Waals surface area contributed by atoms with E-state index in [1.807, 2.05) is 30.3 Å². The molecule has 2 unspecified atom stereocenters. The average molecular weight is 401 g/mol. The van der Waals surface area contributed by atoms with Crippen molar-refractivity contribution in [3.05, 3.63) is 70.8 Å². The Kier molecular flexibility index (Phi) is 6.49. The lowest BCUT2D eigenvalue weighted by Gasteiger charge is -2.13. The number of Topliss-reactive ketones (excluding diaryl/α,β-unsaturated/α-hetero) is 1. The quantitative estimate of drug-likeness (QED) is 0.695. The highest BCUT2D eigenvalue weighted by molar-refractivity contribution is 5.86. The second kappa shape index (κ2) is 9.05. The Balaban J connectivity index is 1.54. The second-order valence-corrected chi connectivity index (χ2v) is 7.02. The minimum absolute atomic E-state index is 0.0276. The highest BCUT2D eigenvalue weighted by Crippen LogP contribution is 2.29. The molecule has 0 aliphatic carbocycles. The fourth-order valence-corrected chi connectivity index (χ4v) is 3.02. The molecule has 0 spiro atoms. The van der Waals surface area contributed by atoms with Gasteiger partial charge in [0.25, 0.3) is 0 Å². The van der Waals surface area contributed by atoms with E-state index in [0.717, 1.165) is 23.3 Å². The van der Waals surface area contributed by atoms with Gasteiger partial charge < -0.3 is 11.1 Å². The predicted octanol–water partition coefficient (Wildman–Crippen LogP) is 3.70. The number of nitrogens with one attached hydrogen (secondary N) is 1. The van der Waals surface area contributed by atoms with Crippen molar-refractivity contribution in [1.82, 2.24) is 5.32 Å². The number of rotatable bonds is 7. The maximum absolute atomic E-state index is 12.6. The van der Waals surface area contributed by atoms with Gasteiger partial charge in [-0.15, -0.1) is 0 Å². The highest BCUT2D eigenvalue weighted by atomic mass is 19.4. The number of nitrogens with two attached hydrogens (primary N) is 1. The molecule has 29 heavy (non-hydrogen) atoms. The summed E-state index contributed by atoms with van der Waals surface area (Å²) in [6, 6.07) is 11.9. The second-order valence-electron chi connectivity index (χ2n) is 7.02. The van der Waals surface area contributed by atoms with Crippen LogP contribution in [-0.4, -0.2) is 30.8 Å². The Hall–Kier alpha value is -2.93. The summed E-state index contributed by atoms with van der Waals surface area (Å²) in [6.45, 7) is 0.709. The number of hydrogen-bond donors (Lipinski definition) is 2. The van der Waals surface area contributed by atoms with Crippen molar-refractivity contribution in [3.63, 3.8) is 0 Å².